The fourth-order valence-electron chi connectivity index (χ4n) is 4.52. The molecule has 0 bridgehead atoms. The summed E-state index contributed by atoms with van der Waals surface area (Å²) in [5, 5.41) is 17.5. The second kappa shape index (κ2) is 5.66. The molecular weight excluding hydrogens is 328 g/mol. The van der Waals surface area contributed by atoms with Gasteiger partial charge in [0.2, 0.25) is 0 Å². The number of benzene rings is 2. The standard InChI is InChI=1S/C21H22N2O3/c1-25-14-8-9-19(24)16(12-14)17-13-18-15-6-2-3-7-20(15)26-21(23(18)22-17)10-4-5-11-21/h2-3,6-9,12,18,24H,4-5,10-11,13H2,1H3. The van der Waals surface area contributed by atoms with Gasteiger partial charge in [0, 0.05) is 30.4 Å². The Morgan fingerprint density at radius 1 is 1.19 bits per heavy atom. The summed E-state index contributed by atoms with van der Waals surface area (Å²) < 4.78 is 11.8. The van der Waals surface area contributed by atoms with Crippen molar-refractivity contribution in [3.63, 3.8) is 0 Å². The molecule has 3 aliphatic rings. The van der Waals surface area contributed by atoms with Gasteiger partial charge in [-0.1, -0.05) is 18.2 Å². The molecule has 5 heteroatoms. The summed E-state index contributed by atoms with van der Waals surface area (Å²) in [4.78, 5) is 0. The summed E-state index contributed by atoms with van der Waals surface area (Å²) in [5.41, 5.74) is 2.45. The van der Waals surface area contributed by atoms with Crippen LogP contribution in [0.2, 0.25) is 0 Å². The summed E-state index contributed by atoms with van der Waals surface area (Å²) in [7, 11) is 1.63. The molecule has 2 aliphatic heterocycles. The summed E-state index contributed by atoms with van der Waals surface area (Å²) in [6.45, 7) is 0. The fraction of sp³-hybridized carbons (Fsp3) is 0.381. The van der Waals surface area contributed by atoms with Crippen molar-refractivity contribution in [2.75, 3.05) is 7.11 Å². The first-order chi connectivity index (χ1) is 12.7. The van der Waals surface area contributed by atoms with Crippen LogP contribution in [0.5, 0.6) is 17.2 Å². The van der Waals surface area contributed by atoms with E-state index in [-0.39, 0.29) is 17.5 Å². The number of phenolic OH excluding ortho intramolecular Hbond substituents is 1. The van der Waals surface area contributed by atoms with E-state index in [1.807, 2.05) is 18.2 Å². The molecule has 1 N–H and O–H groups in total. The minimum Gasteiger partial charge on any atom is -0.507 e. The van der Waals surface area contributed by atoms with Gasteiger partial charge in [0.1, 0.15) is 17.2 Å². The maximum absolute atomic E-state index is 10.4. The number of aromatic hydroxyl groups is 1. The predicted molar refractivity (Wildman–Crippen MR) is 98.7 cm³/mol. The summed E-state index contributed by atoms with van der Waals surface area (Å²) in [6.07, 6.45) is 5.03. The van der Waals surface area contributed by atoms with Crippen LogP contribution in [0.25, 0.3) is 0 Å². The molecule has 26 heavy (non-hydrogen) atoms. The number of hydrogen-bond acceptors (Lipinski definition) is 5. The number of methoxy groups -OCH3 is 1. The van der Waals surface area contributed by atoms with Gasteiger partial charge in [-0.25, -0.2) is 5.01 Å². The van der Waals surface area contributed by atoms with Crippen molar-refractivity contribution in [2.45, 2.75) is 43.9 Å². The number of hydrazone groups is 1. The van der Waals surface area contributed by atoms with E-state index in [0.29, 0.717) is 0 Å². The highest BCUT2D eigenvalue weighted by Gasteiger charge is 2.51. The Labute approximate surface area is 152 Å². The number of rotatable bonds is 2. The maximum Gasteiger partial charge on any atom is 0.198 e. The minimum absolute atomic E-state index is 0.152. The van der Waals surface area contributed by atoms with E-state index in [1.165, 1.54) is 5.56 Å². The van der Waals surface area contributed by atoms with Crippen LogP contribution in [0, 0.1) is 0 Å². The van der Waals surface area contributed by atoms with Crippen molar-refractivity contribution in [3.05, 3.63) is 53.6 Å². The highest BCUT2D eigenvalue weighted by atomic mass is 16.5. The molecule has 0 saturated heterocycles. The second-order valence-electron chi connectivity index (χ2n) is 7.29. The number of phenols is 1. The smallest absolute Gasteiger partial charge is 0.198 e. The van der Waals surface area contributed by atoms with Gasteiger partial charge in [0.15, 0.2) is 5.72 Å². The van der Waals surface area contributed by atoms with Crippen LogP contribution in [0.15, 0.2) is 47.6 Å². The van der Waals surface area contributed by atoms with Gasteiger partial charge in [0.25, 0.3) is 0 Å². The molecule has 0 amide bonds. The third-order valence-corrected chi connectivity index (χ3v) is 5.81. The lowest BCUT2D eigenvalue weighted by atomic mass is 9.94. The molecule has 5 rings (SSSR count). The van der Waals surface area contributed by atoms with E-state index in [2.05, 4.69) is 17.1 Å². The van der Waals surface area contributed by atoms with Crippen LogP contribution in [0.4, 0.5) is 0 Å². The van der Waals surface area contributed by atoms with Gasteiger partial charge in [-0.3, -0.25) is 0 Å². The van der Waals surface area contributed by atoms with Gasteiger partial charge < -0.3 is 14.6 Å². The van der Waals surface area contributed by atoms with Crippen molar-refractivity contribution >= 4 is 5.71 Å². The van der Waals surface area contributed by atoms with E-state index >= 15 is 0 Å². The summed E-state index contributed by atoms with van der Waals surface area (Å²) in [5.74, 6) is 1.93. The molecule has 1 spiro atoms. The molecule has 1 fully saturated rings. The maximum atomic E-state index is 10.4. The largest absolute Gasteiger partial charge is 0.507 e. The Morgan fingerprint density at radius 3 is 2.81 bits per heavy atom. The van der Waals surface area contributed by atoms with E-state index in [0.717, 1.165) is 54.9 Å². The van der Waals surface area contributed by atoms with Crippen molar-refractivity contribution < 1.29 is 14.6 Å². The van der Waals surface area contributed by atoms with Crippen LogP contribution in [0.1, 0.15) is 49.3 Å². The number of fused-ring (bicyclic) bond motifs is 4. The van der Waals surface area contributed by atoms with Crippen LogP contribution >= 0.6 is 0 Å². The third kappa shape index (κ3) is 2.19. The van der Waals surface area contributed by atoms with Crippen LogP contribution < -0.4 is 9.47 Å². The fourth-order valence-corrected chi connectivity index (χ4v) is 4.52. The lowest BCUT2D eigenvalue weighted by molar-refractivity contribution is -0.114. The average molecular weight is 350 g/mol. The first-order valence-corrected chi connectivity index (χ1v) is 9.22. The first kappa shape index (κ1) is 15.6. The molecule has 1 saturated carbocycles. The average Bonchev–Trinajstić information content (AvgIpc) is 3.31. The zero-order valence-electron chi connectivity index (χ0n) is 14.8. The molecule has 2 heterocycles. The molecule has 1 atom stereocenters. The molecule has 134 valence electrons. The Bertz CT molecular complexity index is 887. The monoisotopic (exact) mass is 350 g/mol. The first-order valence-electron chi connectivity index (χ1n) is 9.22. The molecule has 2 aromatic carbocycles. The molecule has 5 nitrogen and oxygen atoms in total. The van der Waals surface area contributed by atoms with Crippen molar-refractivity contribution in [1.82, 2.24) is 5.01 Å². The Morgan fingerprint density at radius 2 is 2.00 bits per heavy atom. The van der Waals surface area contributed by atoms with Crippen LogP contribution in [-0.4, -0.2) is 28.7 Å². The summed E-state index contributed by atoms with van der Waals surface area (Å²) >= 11 is 0. The zero-order chi connectivity index (χ0) is 17.7. The topological polar surface area (TPSA) is 54.3 Å². The highest BCUT2D eigenvalue weighted by molar-refractivity contribution is 6.04. The number of hydrogen-bond donors (Lipinski definition) is 1. The van der Waals surface area contributed by atoms with Gasteiger partial charge >= 0.3 is 0 Å². The van der Waals surface area contributed by atoms with Gasteiger partial charge in [-0.2, -0.15) is 5.10 Å². The normalized spacial score (nSPS) is 22.6. The van der Waals surface area contributed by atoms with Crippen molar-refractivity contribution in [3.8, 4) is 17.2 Å². The quantitative estimate of drug-likeness (QED) is 0.881. The second-order valence-corrected chi connectivity index (χ2v) is 7.29. The van der Waals surface area contributed by atoms with Crippen LogP contribution in [-0.2, 0) is 0 Å². The number of ether oxygens (including phenoxy) is 2. The lowest BCUT2D eigenvalue weighted by Gasteiger charge is -2.45. The van der Waals surface area contributed by atoms with E-state index < -0.39 is 0 Å². The number of nitrogens with zero attached hydrogens (tertiary/aromatic N) is 2. The predicted octanol–water partition coefficient (Wildman–Crippen LogP) is 4.21. The Kier molecular flexibility index (Phi) is 3.39. The van der Waals surface area contributed by atoms with Gasteiger partial charge in [-0.05, 0) is 37.1 Å². The van der Waals surface area contributed by atoms with Gasteiger partial charge in [0.05, 0.1) is 18.9 Å². The highest BCUT2D eigenvalue weighted by Crippen LogP contribution is 2.52. The van der Waals surface area contributed by atoms with E-state index in [4.69, 9.17) is 14.6 Å². The minimum atomic E-state index is -0.352. The van der Waals surface area contributed by atoms with Gasteiger partial charge in [-0.15, -0.1) is 0 Å². The SMILES string of the molecule is COc1ccc(O)c(C2=NN3C(C2)c2ccccc2OC32CCCC2)c1. The zero-order valence-corrected chi connectivity index (χ0v) is 14.8. The molecular formula is C21H22N2O3. The van der Waals surface area contributed by atoms with E-state index in [9.17, 15) is 5.11 Å². The van der Waals surface area contributed by atoms with E-state index in [1.54, 1.807) is 19.2 Å². The molecule has 1 aliphatic carbocycles. The van der Waals surface area contributed by atoms with Crippen molar-refractivity contribution in [1.29, 1.82) is 0 Å². The van der Waals surface area contributed by atoms with Crippen molar-refractivity contribution in [2.24, 2.45) is 5.10 Å². The molecule has 1 unspecified atom stereocenters. The third-order valence-electron chi connectivity index (χ3n) is 5.81. The molecule has 0 radical (unpaired) electrons. The lowest BCUT2D eigenvalue weighted by Crippen LogP contribution is -2.51. The summed E-state index contributed by atoms with van der Waals surface area (Å²) in [6, 6.07) is 13.7. The van der Waals surface area contributed by atoms with Crippen LogP contribution in [0.3, 0.4) is 0 Å². The Balaban J connectivity index is 1.61. The number of para-hydroxylation sites is 1. The molecule has 0 aromatic heterocycles. The Hall–Kier alpha value is -2.69. The molecule has 2 aromatic rings.